The predicted octanol–water partition coefficient (Wildman–Crippen LogP) is -0.596. The minimum Gasteiger partial charge on any atom is -0.389 e. The maximum absolute atomic E-state index is 12.0. The van der Waals surface area contributed by atoms with Crippen LogP contribution < -0.4 is 5.32 Å². The first-order chi connectivity index (χ1) is 10.6. The number of amides is 1. The van der Waals surface area contributed by atoms with Gasteiger partial charge in [0.25, 0.3) is 0 Å². The van der Waals surface area contributed by atoms with Crippen molar-refractivity contribution in [2.45, 2.75) is 24.8 Å². The fourth-order valence-electron chi connectivity index (χ4n) is 2.44. The van der Waals surface area contributed by atoms with E-state index in [0.717, 1.165) is 5.69 Å². The summed E-state index contributed by atoms with van der Waals surface area (Å²) in [5.74, 6) is -0.125. The third-order valence-corrected chi connectivity index (χ3v) is 3.80. The van der Waals surface area contributed by atoms with Gasteiger partial charge in [-0.2, -0.15) is 0 Å². The molecule has 2 heterocycles. The molecule has 3 atom stereocenters. The lowest BCUT2D eigenvalue weighted by Gasteiger charge is -2.38. The van der Waals surface area contributed by atoms with Crippen molar-refractivity contribution in [3.63, 3.8) is 0 Å². The summed E-state index contributed by atoms with van der Waals surface area (Å²) in [5.41, 5.74) is 0.805. The number of carbonyl (C=O) groups is 1. The average Bonchev–Trinajstić information content (AvgIpc) is 2.54. The number of carbonyl (C=O) groups excluding carboxylic acids is 1. The van der Waals surface area contributed by atoms with Crippen molar-refractivity contribution in [2.24, 2.45) is 0 Å². The molecule has 0 bridgehead atoms. The van der Waals surface area contributed by atoms with Crippen LogP contribution in [0.15, 0.2) is 24.4 Å². The van der Waals surface area contributed by atoms with E-state index >= 15 is 0 Å². The second kappa shape index (κ2) is 8.19. The van der Waals surface area contributed by atoms with Gasteiger partial charge in [0.15, 0.2) is 0 Å². The highest BCUT2D eigenvalue weighted by Gasteiger charge is 2.35. The number of ether oxygens (including phenoxy) is 2. The van der Waals surface area contributed by atoms with E-state index in [4.69, 9.17) is 9.47 Å². The number of rotatable bonds is 6. The topological polar surface area (TPSA) is 83.9 Å². The lowest BCUT2D eigenvalue weighted by atomic mass is 10.0. The maximum atomic E-state index is 12.0. The zero-order valence-electron chi connectivity index (χ0n) is 12.9. The summed E-state index contributed by atoms with van der Waals surface area (Å²) in [6, 6.07) is 5.29. The quantitative estimate of drug-likeness (QED) is 0.730. The van der Waals surface area contributed by atoms with Crippen LogP contribution in [0.4, 0.5) is 0 Å². The molecule has 0 radical (unpaired) electrons. The normalized spacial score (nSPS) is 25.2. The molecule has 1 aromatic rings. The van der Waals surface area contributed by atoms with E-state index in [9.17, 15) is 9.90 Å². The highest BCUT2D eigenvalue weighted by atomic mass is 16.5. The van der Waals surface area contributed by atoms with Crippen LogP contribution in [0.2, 0.25) is 0 Å². The van der Waals surface area contributed by atoms with Crippen LogP contribution in [0.3, 0.4) is 0 Å². The number of hydrogen-bond donors (Lipinski definition) is 2. The fraction of sp³-hybridized carbons (Fsp3) is 0.600. The molecule has 122 valence electrons. The zero-order valence-corrected chi connectivity index (χ0v) is 12.9. The molecule has 1 fully saturated rings. The number of nitrogens with zero attached hydrogens (tertiary/aromatic N) is 2. The zero-order chi connectivity index (χ0) is 15.9. The first-order valence-electron chi connectivity index (χ1n) is 7.27. The first-order valence-corrected chi connectivity index (χ1v) is 7.27. The largest absolute Gasteiger partial charge is 0.389 e. The van der Waals surface area contributed by atoms with Crippen molar-refractivity contribution in [1.29, 1.82) is 0 Å². The van der Waals surface area contributed by atoms with Gasteiger partial charge in [0.05, 0.1) is 38.0 Å². The number of aromatic nitrogens is 1. The molecule has 1 amide bonds. The Morgan fingerprint density at radius 1 is 1.55 bits per heavy atom. The van der Waals surface area contributed by atoms with E-state index in [1.54, 1.807) is 25.3 Å². The molecular weight excluding hydrogens is 286 g/mol. The van der Waals surface area contributed by atoms with Gasteiger partial charge in [-0.15, -0.1) is 0 Å². The molecule has 7 heteroatoms. The Kier molecular flexibility index (Phi) is 6.26. The van der Waals surface area contributed by atoms with E-state index < -0.39 is 6.10 Å². The molecule has 0 spiro atoms. The Balaban J connectivity index is 1.80. The van der Waals surface area contributed by atoms with E-state index in [-0.39, 0.29) is 24.6 Å². The molecule has 1 saturated heterocycles. The average molecular weight is 309 g/mol. The molecular formula is C15H23N3O4. The standard InChI is InChI=1S/C15H23N3O4/c1-18(12-9-22-10-13(21-2)15(12)20)8-14(19)17-7-11-5-3-4-6-16-11/h3-6,12-13,15,20H,7-10H2,1-2H3,(H,17,19)/t12-,13-,15+/m1/s1. The van der Waals surface area contributed by atoms with Gasteiger partial charge in [0, 0.05) is 13.3 Å². The smallest absolute Gasteiger partial charge is 0.234 e. The van der Waals surface area contributed by atoms with E-state index in [1.165, 1.54) is 0 Å². The number of aliphatic hydroxyl groups is 1. The first kappa shape index (κ1) is 16.8. The number of likely N-dealkylation sites (N-methyl/N-ethyl adjacent to an activating group) is 1. The van der Waals surface area contributed by atoms with Crippen molar-refractivity contribution >= 4 is 5.91 Å². The predicted molar refractivity (Wildman–Crippen MR) is 80.1 cm³/mol. The Bertz CT molecular complexity index is 471. The van der Waals surface area contributed by atoms with Gasteiger partial charge in [0.2, 0.25) is 5.91 Å². The number of hydrogen-bond acceptors (Lipinski definition) is 6. The molecule has 1 aliphatic heterocycles. The van der Waals surface area contributed by atoms with E-state index in [1.807, 2.05) is 18.2 Å². The third-order valence-electron chi connectivity index (χ3n) is 3.80. The SMILES string of the molecule is CO[C@@H]1COC[C@@H](N(C)CC(=O)NCc2ccccn2)[C@@H]1O. The van der Waals surface area contributed by atoms with Gasteiger partial charge in [-0.05, 0) is 19.2 Å². The van der Waals surface area contributed by atoms with Crippen LogP contribution in [-0.2, 0) is 20.8 Å². The number of methoxy groups -OCH3 is 1. The molecule has 0 aromatic carbocycles. The van der Waals surface area contributed by atoms with Crippen LogP contribution in [0.1, 0.15) is 5.69 Å². The molecule has 22 heavy (non-hydrogen) atoms. The summed E-state index contributed by atoms with van der Waals surface area (Å²) in [7, 11) is 3.33. The molecule has 0 unspecified atom stereocenters. The molecule has 1 aromatic heterocycles. The third kappa shape index (κ3) is 4.48. The van der Waals surface area contributed by atoms with Gasteiger partial charge >= 0.3 is 0 Å². The summed E-state index contributed by atoms with van der Waals surface area (Å²) in [6.45, 7) is 1.31. The van der Waals surface area contributed by atoms with Crippen molar-refractivity contribution in [3.05, 3.63) is 30.1 Å². The number of aliphatic hydroxyl groups excluding tert-OH is 1. The van der Waals surface area contributed by atoms with Gasteiger partial charge in [-0.1, -0.05) is 6.07 Å². The van der Waals surface area contributed by atoms with Gasteiger partial charge < -0.3 is 19.9 Å². The Morgan fingerprint density at radius 2 is 2.36 bits per heavy atom. The van der Waals surface area contributed by atoms with Crippen LogP contribution in [0, 0.1) is 0 Å². The summed E-state index contributed by atoms with van der Waals surface area (Å²) in [5, 5.41) is 13.0. The lowest BCUT2D eigenvalue weighted by Crippen LogP contribution is -2.56. The minimum atomic E-state index is -0.674. The molecule has 2 rings (SSSR count). The lowest BCUT2D eigenvalue weighted by molar-refractivity contribution is -0.145. The highest BCUT2D eigenvalue weighted by Crippen LogP contribution is 2.15. The molecule has 0 saturated carbocycles. The summed E-state index contributed by atoms with van der Waals surface area (Å²) < 4.78 is 10.6. The van der Waals surface area contributed by atoms with Crippen LogP contribution >= 0.6 is 0 Å². The van der Waals surface area contributed by atoms with Crippen LogP contribution in [0.5, 0.6) is 0 Å². The number of nitrogens with one attached hydrogen (secondary N) is 1. The van der Waals surface area contributed by atoms with Gasteiger partial charge in [0.1, 0.15) is 12.2 Å². The minimum absolute atomic E-state index is 0.125. The second-order valence-electron chi connectivity index (χ2n) is 5.38. The van der Waals surface area contributed by atoms with Gasteiger partial charge in [-0.3, -0.25) is 14.7 Å². The number of pyridine rings is 1. The van der Waals surface area contributed by atoms with Crippen molar-refractivity contribution in [2.75, 3.05) is 33.9 Å². The van der Waals surface area contributed by atoms with Crippen molar-refractivity contribution in [1.82, 2.24) is 15.2 Å². The summed E-state index contributed by atoms with van der Waals surface area (Å²) >= 11 is 0. The fourth-order valence-corrected chi connectivity index (χ4v) is 2.44. The monoisotopic (exact) mass is 309 g/mol. The van der Waals surface area contributed by atoms with Crippen molar-refractivity contribution < 1.29 is 19.4 Å². The molecule has 0 aliphatic carbocycles. The Morgan fingerprint density at radius 3 is 3.05 bits per heavy atom. The van der Waals surface area contributed by atoms with Crippen molar-refractivity contribution in [3.8, 4) is 0 Å². The molecule has 7 nitrogen and oxygen atoms in total. The molecule has 1 aliphatic rings. The Labute approximate surface area is 130 Å². The summed E-state index contributed by atoms with van der Waals surface area (Å²) in [4.78, 5) is 17.9. The van der Waals surface area contributed by atoms with Crippen LogP contribution in [-0.4, -0.2) is 73.1 Å². The van der Waals surface area contributed by atoms with E-state index in [2.05, 4.69) is 10.3 Å². The molecule has 2 N–H and O–H groups in total. The highest BCUT2D eigenvalue weighted by molar-refractivity contribution is 5.77. The maximum Gasteiger partial charge on any atom is 0.234 e. The Hall–Kier alpha value is -1.54. The summed E-state index contributed by atoms with van der Waals surface area (Å²) in [6.07, 6.45) is 0.652. The van der Waals surface area contributed by atoms with Crippen LogP contribution in [0.25, 0.3) is 0 Å². The van der Waals surface area contributed by atoms with E-state index in [0.29, 0.717) is 19.8 Å². The second-order valence-corrected chi connectivity index (χ2v) is 5.38. The van der Waals surface area contributed by atoms with Gasteiger partial charge in [-0.25, -0.2) is 0 Å².